The quantitative estimate of drug-likeness (QED) is 0.641. The SMILES string of the molecule is CCN(CC)C(=S)S[C-](C)C.[CH2-]CO.[O]=[Co]. The van der Waals surface area contributed by atoms with E-state index in [1.54, 1.807) is 11.8 Å². The van der Waals surface area contributed by atoms with Gasteiger partial charge in [0.25, 0.3) is 0 Å². The van der Waals surface area contributed by atoms with Crippen LogP contribution in [0.1, 0.15) is 27.7 Å². The summed E-state index contributed by atoms with van der Waals surface area (Å²) in [4.78, 5) is 2.19. The topological polar surface area (TPSA) is 40.5 Å². The molecule has 0 aromatic carbocycles. The average Bonchev–Trinajstić information content (AvgIpc) is 2.22. The molecule has 0 rings (SSSR count). The third kappa shape index (κ3) is 16.9. The normalized spacial score (nSPS) is 8.50. The summed E-state index contributed by atoms with van der Waals surface area (Å²) in [7, 11) is 0. The molecule has 101 valence electrons. The third-order valence-electron chi connectivity index (χ3n) is 1.31. The van der Waals surface area contributed by atoms with Gasteiger partial charge < -0.3 is 16.9 Å². The molecule has 0 bridgehead atoms. The number of thioether (sulfide) groups is 1. The van der Waals surface area contributed by atoms with E-state index in [9.17, 15) is 0 Å². The third-order valence-corrected chi connectivity index (χ3v) is 2.66. The summed E-state index contributed by atoms with van der Waals surface area (Å²) in [6.07, 6.45) is 0. The zero-order valence-electron chi connectivity index (χ0n) is 10.3. The molecule has 6 heteroatoms. The number of thiocarbonyl (C=S) groups is 1. The van der Waals surface area contributed by atoms with Gasteiger partial charge in [0, 0.05) is 13.1 Å². The second kappa shape index (κ2) is 17.9. The standard InChI is InChI=1S/C8H16NS2.C2H5O.Co.O/c1-5-9(6-2)8(10)11-7(3)4;1-2-3;;/h5-6H2,1-4H3;3H,1-2H2;;/q2*-1;;. The summed E-state index contributed by atoms with van der Waals surface area (Å²) in [6, 6.07) is 0. The van der Waals surface area contributed by atoms with Crippen LogP contribution in [-0.2, 0) is 19.5 Å². The van der Waals surface area contributed by atoms with E-state index in [1.165, 1.54) is 5.25 Å². The van der Waals surface area contributed by atoms with Gasteiger partial charge in [-0.2, -0.15) is 13.8 Å². The Labute approximate surface area is 117 Å². The van der Waals surface area contributed by atoms with E-state index in [0.717, 1.165) is 17.4 Å². The number of rotatable bonds is 3. The molecule has 0 spiro atoms. The monoisotopic (exact) mass is 310 g/mol. The number of hydrogen-bond donors (Lipinski definition) is 1. The number of aliphatic hydroxyl groups excluding tert-OH is 1. The molecule has 0 saturated carbocycles. The molecule has 0 amide bonds. The summed E-state index contributed by atoms with van der Waals surface area (Å²) in [5.41, 5.74) is 0. The fraction of sp³-hybridized carbons (Fsp3) is 0.700. The van der Waals surface area contributed by atoms with Gasteiger partial charge >= 0.3 is 19.5 Å². The fourth-order valence-electron chi connectivity index (χ4n) is 0.721. The summed E-state index contributed by atoms with van der Waals surface area (Å²) in [5.74, 6) is 0. The zero-order valence-corrected chi connectivity index (χ0v) is 13.0. The molecule has 0 atom stereocenters. The van der Waals surface area contributed by atoms with Crippen LogP contribution in [0.25, 0.3) is 0 Å². The van der Waals surface area contributed by atoms with Gasteiger partial charge in [0.05, 0.1) is 0 Å². The van der Waals surface area contributed by atoms with Crippen LogP contribution in [0.3, 0.4) is 0 Å². The van der Waals surface area contributed by atoms with Crippen LogP contribution in [0.15, 0.2) is 0 Å². The van der Waals surface area contributed by atoms with Crippen LogP contribution in [0.4, 0.5) is 0 Å². The van der Waals surface area contributed by atoms with Crippen LogP contribution in [0.2, 0.25) is 0 Å². The van der Waals surface area contributed by atoms with E-state index in [0.29, 0.717) is 0 Å². The van der Waals surface area contributed by atoms with E-state index in [2.05, 4.69) is 55.2 Å². The molecule has 0 aliphatic rings. The molecule has 0 unspecified atom stereocenters. The maximum atomic E-state index is 7.94. The number of hydrogen-bond acceptors (Lipinski definition) is 4. The molecule has 0 aromatic rings. The molecule has 0 fully saturated rings. The van der Waals surface area contributed by atoms with Gasteiger partial charge in [-0.05, 0) is 13.8 Å². The van der Waals surface area contributed by atoms with Gasteiger partial charge in [-0.25, -0.2) is 0 Å². The van der Waals surface area contributed by atoms with Crippen molar-refractivity contribution >= 4 is 28.3 Å². The van der Waals surface area contributed by atoms with Gasteiger partial charge in [0.2, 0.25) is 0 Å². The fourth-order valence-corrected chi connectivity index (χ4v) is 2.22. The van der Waals surface area contributed by atoms with Crippen molar-refractivity contribution in [3.63, 3.8) is 0 Å². The molecule has 16 heavy (non-hydrogen) atoms. The van der Waals surface area contributed by atoms with E-state index >= 15 is 0 Å². The second-order valence-electron chi connectivity index (χ2n) is 2.67. The predicted octanol–water partition coefficient (Wildman–Crippen LogP) is 2.61. The summed E-state index contributed by atoms with van der Waals surface area (Å²) in [6.45, 7) is 13.5. The zero-order chi connectivity index (χ0) is 13.6. The molecule has 0 aliphatic carbocycles. The molecule has 0 heterocycles. The maximum absolute atomic E-state index is 7.94. The summed E-state index contributed by atoms with van der Waals surface area (Å²) >= 11 is 9.22. The Morgan fingerprint density at radius 3 is 1.94 bits per heavy atom. The molecule has 0 aromatic heterocycles. The van der Waals surface area contributed by atoms with Crippen molar-refractivity contribution in [1.82, 2.24) is 4.90 Å². The van der Waals surface area contributed by atoms with Crippen molar-refractivity contribution in [2.24, 2.45) is 0 Å². The summed E-state index contributed by atoms with van der Waals surface area (Å²) < 4.78 is 8.93. The minimum absolute atomic E-state index is 0. The van der Waals surface area contributed by atoms with Crippen LogP contribution >= 0.6 is 24.0 Å². The Morgan fingerprint density at radius 2 is 1.75 bits per heavy atom. The molecular weight excluding hydrogens is 289 g/mol. The van der Waals surface area contributed by atoms with Crippen LogP contribution in [0.5, 0.6) is 0 Å². The Kier molecular flexibility index (Phi) is 24.3. The molecular formula is C10H21CoNO2S2-2. The number of nitrogens with zero attached hydrogens (tertiary/aromatic N) is 1. The Bertz CT molecular complexity index is 156. The van der Waals surface area contributed by atoms with Gasteiger partial charge in [0.15, 0.2) is 0 Å². The molecule has 1 N–H and O–H groups in total. The Morgan fingerprint density at radius 1 is 1.44 bits per heavy atom. The van der Waals surface area contributed by atoms with Crippen molar-refractivity contribution in [2.75, 3.05) is 19.7 Å². The van der Waals surface area contributed by atoms with E-state index in [1.807, 2.05) is 0 Å². The van der Waals surface area contributed by atoms with Crippen molar-refractivity contribution in [3.8, 4) is 0 Å². The van der Waals surface area contributed by atoms with Crippen molar-refractivity contribution in [2.45, 2.75) is 27.7 Å². The molecule has 0 radical (unpaired) electrons. The first-order valence-electron chi connectivity index (χ1n) is 4.83. The van der Waals surface area contributed by atoms with Crippen molar-refractivity contribution < 1.29 is 24.6 Å². The summed E-state index contributed by atoms with van der Waals surface area (Å²) in [5, 5.41) is 8.77. The van der Waals surface area contributed by atoms with Gasteiger partial charge in [-0.15, -0.1) is 0 Å². The van der Waals surface area contributed by atoms with Crippen LogP contribution in [-0.4, -0.2) is 34.0 Å². The van der Waals surface area contributed by atoms with E-state index in [-0.39, 0.29) is 6.61 Å². The first-order chi connectivity index (χ1) is 7.53. The Hall–Kier alpha value is 0.506. The van der Waals surface area contributed by atoms with Crippen molar-refractivity contribution in [1.29, 1.82) is 0 Å². The van der Waals surface area contributed by atoms with Crippen molar-refractivity contribution in [3.05, 3.63) is 12.2 Å². The molecule has 3 nitrogen and oxygen atoms in total. The average molecular weight is 310 g/mol. The predicted molar refractivity (Wildman–Crippen MR) is 70.8 cm³/mol. The van der Waals surface area contributed by atoms with Gasteiger partial charge in [-0.1, -0.05) is 18.8 Å². The van der Waals surface area contributed by atoms with Gasteiger partial charge in [0.1, 0.15) is 4.32 Å². The van der Waals surface area contributed by atoms with E-state index in [4.69, 9.17) is 21.2 Å². The molecule has 0 saturated heterocycles. The van der Waals surface area contributed by atoms with E-state index < -0.39 is 0 Å². The first kappa shape index (κ1) is 21.8. The van der Waals surface area contributed by atoms with Crippen LogP contribution in [0, 0.1) is 12.2 Å². The molecule has 0 aliphatic heterocycles. The van der Waals surface area contributed by atoms with Crippen LogP contribution < -0.4 is 0 Å². The minimum atomic E-state index is 0. The second-order valence-corrected chi connectivity index (χ2v) is 4.72. The first-order valence-corrected chi connectivity index (χ1v) is 6.48. The Balaban J connectivity index is -0.000000289. The number of aliphatic hydroxyl groups is 1. The van der Waals surface area contributed by atoms with Gasteiger partial charge in [-0.3, -0.25) is 17.0 Å².